The summed E-state index contributed by atoms with van der Waals surface area (Å²) in [4.78, 5) is 10.9. The van der Waals surface area contributed by atoms with E-state index in [1.165, 1.54) is 0 Å². The van der Waals surface area contributed by atoms with Gasteiger partial charge in [-0.1, -0.05) is 12.2 Å². The van der Waals surface area contributed by atoms with Crippen LogP contribution in [0.5, 0.6) is 0 Å². The van der Waals surface area contributed by atoms with Crippen LogP contribution in [0.4, 0.5) is 0 Å². The highest BCUT2D eigenvalue weighted by molar-refractivity contribution is 5.77. The van der Waals surface area contributed by atoms with Gasteiger partial charge >= 0.3 is 0 Å². The van der Waals surface area contributed by atoms with Crippen LogP contribution in [0.2, 0.25) is 0 Å². The van der Waals surface area contributed by atoms with Gasteiger partial charge in [0, 0.05) is 20.1 Å². The predicted octanol–water partition coefficient (Wildman–Crippen LogP) is 0.715. The molecular formula is C8H15NO2. The molecule has 0 aromatic heterocycles. The van der Waals surface area contributed by atoms with E-state index in [1.807, 2.05) is 19.1 Å². The summed E-state index contributed by atoms with van der Waals surface area (Å²) in [5.74, 6) is 0.0418. The molecule has 0 fully saturated rings. The van der Waals surface area contributed by atoms with Crippen molar-refractivity contribution in [3.8, 4) is 0 Å². The SMILES string of the molecule is C/C=C\CC(=O)NCCOC. The maximum atomic E-state index is 10.9. The van der Waals surface area contributed by atoms with Crippen molar-refractivity contribution >= 4 is 5.91 Å². The molecule has 0 bridgehead atoms. The molecule has 0 radical (unpaired) electrons. The van der Waals surface area contributed by atoms with Crippen LogP contribution in [0.1, 0.15) is 13.3 Å². The van der Waals surface area contributed by atoms with Gasteiger partial charge < -0.3 is 10.1 Å². The van der Waals surface area contributed by atoms with E-state index in [0.717, 1.165) is 0 Å². The van der Waals surface area contributed by atoms with E-state index in [1.54, 1.807) is 7.11 Å². The minimum atomic E-state index is 0.0418. The number of allylic oxidation sites excluding steroid dienone is 1. The average molecular weight is 157 g/mol. The van der Waals surface area contributed by atoms with Crippen molar-refractivity contribution in [1.82, 2.24) is 5.32 Å². The molecule has 0 saturated heterocycles. The van der Waals surface area contributed by atoms with Gasteiger partial charge in [0.2, 0.25) is 5.91 Å². The van der Waals surface area contributed by atoms with Crippen LogP contribution in [0, 0.1) is 0 Å². The van der Waals surface area contributed by atoms with Gasteiger partial charge in [-0.15, -0.1) is 0 Å². The third-order valence-corrected chi connectivity index (χ3v) is 1.17. The Morgan fingerprint density at radius 3 is 2.91 bits per heavy atom. The molecule has 0 heterocycles. The van der Waals surface area contributed by atoms with Crippen LogP contribution >= 0.6 is 0 Å². The Morgan fingerprint density at radius 2 is 2.36 bits per heavy atom. The second kappa shape index (κ2) is 7.28. The molecule has 0 aromatic carbocycles. The van der Waals surface area contributed by atoms with Crippen molar-refractivity contribution in [2.75, 3.05) is 20.3 Å². The van der Waals surface area contributed by atoms with Gasteiger partial charge in [0.15, 0.2) is 0 Å². The van der Waals surface area contributed by atoms with Gasteiger partial charge in [-0.05, 0) is 6.92 Å². The van der Waals surface area contributed by atoms with Gasteiger partial charge in [0.05, 0.1) is 6.61 Å². The van der Waals surface area contributed by atoms with E-state index in [0.29, 0.717) is 19.6 Å². The number of hydrogen-bond acceptors (Lipinski definition) is 2. The first kappa shape index (κ1) is 10.2. The predicted molar refractivity (Wildman–Crippen MR) is 44.3 cm³/mol. The van der Waals surface area contributed by atoms with Crippen molar-refractivity contribution in [2.45, 2.75) is 13.3 Å². The fraction of sp³-hybridized carbons (Fsp3) is 0.625. The number of methoxy groups -OCH3 is 1. The van der Waals surface area contributed by atoms with Gasteiger partial charge in [0.25, 0.3) is 0 Å². The molecule has 0 unspecified atom stereocenters. The zero-order valence-corrected chi connectivity index (χ0v) is 7.09. The van der Waals surface area contributed by atoms with Gasteiger partial charge in [-0.2, -0.15) is 0 Å². The molecule has 1 N–H and O–H groups in total. The first-order valence-electron chi connectivity index (χ1n) is 3.68. The Balaban J connectivity index is 3.23. The molecule has 0 aromatic rings. The van der Waals surface area contributed by atoms with Crippen molar-refractivity contribution in [2.24, 2.45) is 0 Å². The molecular weight excluding hydrogens is 142 g/mol. The Labute approximate surface area is 67.4 Å². The lowest BCUT2D eigenvalue weighted by atomic mass is 10.3. The maximum absolute atomic E-state index is 10.9. The molecule has 11 heavy (non-hydrogen) atoms. The largest absolute Gasteiger partial charge is 0.383 e. The van der Waals surface area contributed by atoms with E-state index in [-0.39, 0.29) is 5.91 Å². The lowest BCUT2D eigenvalue weighted by Crippen LogP contribution is -2.26. The average Bonchev–Trinajstić information content (AvgIpc) is 2.01. The van der Waals surface area contributed by atoms with Crippen LogP contribution in [-0.4, -0.2) is 26.2 Å². The normalized spacial score (nSPS) is 10.4. The molecule has 3 nitrogen and oxygen atoms in total. The van der Waals surface area contributed by atoms with Gasteiger partial charge in [-0.3, -0.25) is 4.79 Å². The minimum Gasteiger partial charge on any atom is -0.383 e. The molecule has 0 rings (SSSR count). The Bertz CT molecular complexity index is 132. The topological polar surface area (TPSA) is 38.3 Å². The molecule has 3 heteroatoms. The molecule has 0 aliphatic carbocycles. The number of hydrogen-bond donors (Lipinski definition) is 1. The smallest absolute Gasteiger partial charge is 0.223 e. The summed E-state index contributed by atoms with van der Waals surface area (Å²) in [7, 11) is 1.61. The van der Waals surface area contributed by atoms with Crippen molar-refractivity contribution in [3.63, 3.8) is 0 Å². The molecule has 64 valence electrons. The fourth-order valence-corrected chi connectivity index (χ4v) is 0.590. The molecule has 0 spiro atoms. The first-order chi connectivity index (χ1) is 5.31. The van der Waals surface area contributed by atoms with Crippen molar-refractivity contribution in [1.29, 1.82) is 0 Å². The molecule has 0 aliphatic rings. The Kier molecular flexibility index (Phi) is 6.73. The standard InChI is InChI=1S/C8H15NO2/c1-3-4-5-8(10)9-6-7-11-2/h3-4H,5-7H2,1-2H3,(H,9,10)/b4-3-. The van der Waals surface area contributed by atoms with Crippen LogP contribution in [0.3, 0.4) is 0 Å². The van der Waals surface area contributed by atoms with Gasteiger partial charge in [0.1, 0.15) is 0 Å². The van der Waals surface area contributed by atoms with E-state index in [4.69, 9.17) is 4.74 Å². The van der Waals surface area contributed by atoms with Crippen LogP contribution in [0.25, 0.3) is 0 Å². The summed E-state index contributed by atoms with van der Waals surface area (Å²) in [6.45, 7) is 3.05. The van der Waals surface area contributed by atoms with E-state index < -0.39 is 0 Å². The lowest BCUT2D eigenvalue weighted by Gasteiger charge is -2.00. The van der Waals surface area contributed by atoms with Crippen molar-refractivity contribution < 1.29 is 9.53 Å². The molecule has 0 saturated carbocycles. The van der Waals surface area contributed by atoms with E-state index in [9.17, 15) is 4.79 Å². The number of rotatable bonds is 5. The number of amides is 1. The highest BCUT2D eigenvalue weighted by atomic mass is 16.5. The molecule has 0 atom stereocenters. The fourth-order valence-electron chi connectivity index (χ4n) is 0.590. The Morgan fingerprint density at radius 1 is 1.64 bits per heavy atom. The first-order valence-corrected chi connectivity index (χ1v) is 3.68. The molecule has 0 aliphatic heterocycles. The number of carbonyl (C=O) groups is 1. The van der Waals surface area contributed by atoms with E-state index >= 15 is 0 Å². The second-order valence-corrected chi connectivity index (χ2v) is 2.12. The number of ether oxygens (including phenoxy) is 1. The van der Waals surface area contributed by atoms with Crippen LogP contribution in [-0.2, 0) is 9.53 Å². The van der Waals surface area contributed by atoms with Crippen LogP contribution in [0.15, 0.2) is 12.2 Å². The second-order valence-electron chi connectivity index (χ2n) is 2.12. The van der Waals surface area contributed by atoms with Crippen molar-refractivity contribution in [3.05, 3.63) is 12.2 Å². The summed E-state index contributed by atoms with van der Waals surface area (Å²) in [6, 6.07) is 0. The van der Waals surface area contributed by atoms with E-state index in [2.05, 4.69) is 5.32 Å². The number of carbonyl (C=O) groups excluding carboxylic acids is 1. The summed E-state index contributed by atoms with van der Waals surface area (Å²) >= 11 is 0. The Hall–Kier alpha value is -0.830. The van der Waals surface area contributed by atoms with Crippen LogP contribution < -0.4 is 5.32 Å². The third-order valence-electron chi connectivity index (χ3n) is 1.17. The monoisotopic (exact) mass is 157 g/mol. The summed E-state index contributed by atoms with van der Waals surface area (Å²) < 4.78 is 4.76. The quantitative estimate of drug-likeness (QED) is 0.471. The highest BCUT2D eigenvalue weighted by Gasteiger charge is 1.94. The zero-order valence-electron chi connectivity index (χ0n) is 7.09. The summed E-state index contributed by atoms with van der Waals surface area (Å²) in [6.07, 6.45) is 4.14. The zero-order chi connectivity index (χ0) is 8.53. The lowest BCUT2D eigenvalue weighted by molar-refractivity contribution is -0.120. The summed E-state index contributed by atoms with van der Waals surface area (Å²) in [5.41, 5.74) is 0. The maximum Gasteiger partial charge on any atom is 0.223 e. The van der Waals surface area contributed by atoms with Gasteiger partial charge in [-0.25, -0.2) is 0 Å². The molecule has 1 amide bonds. The highest BCUT2D eigenvalue weighted by Crippen LogP contribution is 1.81. The number of nitrogens with one attached hydrogen (secondary N) is 1. The minimum absolute atomic E-state index is 0.0418. The third kappa shape index (κ3) is 7.06. The summed E-state index contributed by atoms with van der Waals surface area (Å²) in [5, 5.41) is 2.70.